The van der Waals surface area contributed by atoms with Gasteiger partial charge < -0.3 is 4.74 Å². The summed E-state index contributed by atoms with van der Waals surface area (Å²) in [6, 6.07) is 4.58. The van der Waals surface area contributed by atoms with E-state index in [9.17, 15) is 13.6 Å². The van der Waals surface area contributed by atoms with Gasteiger partial charge in [0.15, 0.2) is 11.6 Å². The highest BCUT2D eigenvalue weighted by Gasteiger charge is 2.19. The summed E-state index contributed by atoms with van der Waals surface area (Å²) in [5, 5.41) is 9.15. The first-order chi connectivity index (χ1) is 9.49. The van der Waals surface area contributed by atoms with E-state index in [1.807, 2.05) is 6.07 Å². The Kier molecular flexibility index (Phi) is 6.07. The number of nitrogens with zero attached hydrogens (tertiary/aromatic N) is 2. The molecule has 0 fully saturated rings. The minimum absolute atomic E-state index is 0.131. The topological polar surface area (TPSA) is 53.3 Å². The van der Waals surface area contributed by atoms with Crippen molar-refractivity contribution in [1.82, 2.24) is 4.90 Å². The van der Waals surface area contributed by atoms with Crippen LogP contribution in [-0.4, -0.2) is 31.1 Å². The predicted molar refractivity (Wildman–Crippen MR) is 68.6 cm³/mol. The number of carbonyl (C=O) groups excluding carboxylic acids is 1. The molecule has 1 unspecified atom stereocenters. The van der Waals surface area contributed by atoms with Crippen molar-refractivity contribution in [3.05, 3.63) is 35.4 Å². The fraction of sp³-hybridized carbons (Fsp3) is 0.429. The average Bonchev–Trinajstić information content (AvgIpc) is 2.41. The molecule has 0 radical (unpaired) electrons. The molecule has 4 nitrogen and oxygen atoms in total. The molecule has 108 valence electrons. The summed E-state index contributed by atoms with van der Waals surface area (Å²) in [4.78, 5) is 12.8. The summed E-state index contributed by atoms with van der Waals surface area (Å²) in [6.07, 6.45) is 0.131. The molecule has 0 N–H and O–H groups in total. The Morgan fingerprint density at radius 2 is 2.15 bits per heavy atom. The van der Waals surface area contributed by atoms with E-state index in [0.717, 1.165) is 12.1 Å². The average molecular weight is 282 g/mol. The van der Waals surface area contributed by atoms with Crippen LogP contribution in [0.5, 0.6) is 0 Å². The first-order valence-corrected chi connectivity index (χ1v) is 6.20. The van der Waals surface area contributed by atoms with Crippen LogP contribution in [0.2, 0.25) is 0 Å². The first kappa shape index (κ1) is 16.1. The number of hydrogen-bond donors (Lipinski definition) is 0. The summed E-state index contributed by atoms with van der Waals surface area (Å²) < 4.78 is 30.8. The maximum absolute atomic E-state index is 13.2. The molecular weight excluding hydrogens is 266 g/mol. The maximum atomic E-state index is 13.2. The lowest BCUT2D eigenvalue weighted by molar-refractivity contribution is -0.143. The van der Waals surface area contributed by atoms with Crippen LogP contribution in [-0.2, 0) is 9.53 Å². The molecule has 20 heavy (non-hydrogen) atoms. The number of halogens is 2. The predicted octanol–water partition coefficient (Wildman–Crippen LogP) is 2.41. The van der Waals surface area contributed by atoms with Crippen molar-refractivity contribution < 1.29 is 18.3 Å². The standard InChI is InChI=1S/C14H16F2N2O2/c1-3-20-14(19)6-7-18(2)13(9-17)10-4-5-11(15)12(16)8-10/h4-5,8,13H,3,6-7H2,1-2H3. The highest BCUT2D eigenvalue weighted by molar-refractivity contribution is 5.69. The van der Waals surface area contributed by atoms with Crippen LogP contribution in [0, 0.1) is 23.0 Å². The molecule has 0 bridgehead atoms. The Morgan fingerprint density at radius 3 is 2.70 bits per heavy atom. The molecule has 1 aromatic rings. The van der Waals surface area contributed by atoms with Crippen LogP contribution < -0.4 is 0 Å². The van der Waals surface area contributed by atoms with Gasteiger partial charge in [-0.1, -0.05) is 6.07 Å². The second-order valence-corrected chi connectivity index (χ2v) is 4.24. The van der Waals surface area contributed by atoms with Crippen molar-refractivity contribution in [2.45, 2.75) is 19.4 Å². The molecule has 0 spiro atoms. The molecule has 0 aliphatic rings. The van der Waals surface area contributed by atoms with Gasteiger partial charge in [0.1, 0.15) is 6.04 Å². The lowest BCUT2D eigenvalue weighted by Gasteiger charge is -2.22. The molecule has 0 saturated heterocycles. The lowest BCUT2D eigenvalue weighted by atomic mass is 10.1. The van der Waals surface area contributed by atoms with Gasteiger partial charge in [0, 0.05) is 6.54 Å². The van der Waals surface area contributed by atoms with E-state index in [1.54, 1.807) is 18.9 Å². The van der Waals surface area contributed by atoms with Gasteiger partial charge in [-0.05, 0) is 31.7 Å². The Labute approximate surface area is 116 Å². The van der Waals surface area contributed by atoms with Crippen molar-refractivity contribution in [3.8, 4) is 6.07 Å². The van der Waals surface area contributed by atoms with Crippen LogP contribution in [0.3, 0.4) is 0 Å². The van der Waals surface area contributed by atoms with E-state index < -0.39 is 17.7 Å². The van der Waals surface area contributed by atoms with Crippen LogP contribution in [0.4, 0.5) is 8.78 Å². The number of esters is 1. The van der Waals surface area contributed by atoms with Crippen molar-refractivity contribution in [2.24, 2.45) is 0 Å². The Balaban J connectivity index is 2.72. The molecule has 1 rings (SSSR count). The van der Waals surface area contributed by atoms with Gasteiger partial charge in [-0.3, -0.25) is 9.69 Å². The monoisotopic (exact) mass is 282 g/mol. The fourth-order valence-electron chi connectivity index (χ4n) is 1.74. The molecule has 1 atom stereocenters. The molecule has 1 aromatic carbocycles. The minimum Gasteiger partial charge on any atom is -0.466 e. The summed E-state index contributed by atoms with van der Waals surface area (Å²) >= 11 is 0. The molecule has 6 heteroatoms. The molecule has 0 heterocycles. The van der Waals surface area contributed by atoms with E-state index >= 15 is 0 Å². The number of benzene rings is 1. The van der Waals surface area contributed by atoms with E-state index in [1.165, 1.54) is 6.07 Å². The van der Waals surface area contributed by atoms with Gasteiger partial charge in [-0.15, -0.1) is 0 Å². The van der Waals surface area contributed by atoms with Gasteiger partial charge in [0.25, 0.3) is 0 Å². The van der Waals surface area contributed by atoms with Crippen molar-refractivity contribution >= 4 is 5.97 Å². The second kappa shape index (κ2) is 7.56. The van der Waals surface area contributed by atoms with Crippen LogP contribution in [0.25, 0.3) is 0 Å². The third kappa shape index (κ3) is 4.28. The van der Waals surface area contributed by atoms with Gasteiger partial charge in [-0.2, -0.15) is 5.26 Å². The number of nitriles is 1. The molecule has 0 aliphatic heterocycles. The van der Waals surface area contributed by atoms with Crippen molar-refractivity contribution in [1.29, 1.82) is 5.26 Å². The number of ether oxygens (including phenoxy) is 1. The Morgan fingerprint density at radius 1 is 1.45 bits per heavy atom. The van der Waals surface area contributed by atoms with E-state index in [0.29, 0.717) is 12.2 Å². The first-order valence-electron chi connectivity index (χ1n) is 6.20. The lowest BCUT2D eigenvalue weighted by Crippen LogP contribution is -2.26. The SMILES string of the molecule is CCOC(=O)CCN(C)C(C#N)c1ccc(F)c(F)c1. The van der Waals surface area contributed by atoms with Crippen LogP contribution in [0.1, 0.15) is 24.9 Å². The van der Waals surface area contributed by atoms with E-state index in [-0.39, 0.29) is 18.9 Å². The minimum atomic E-state index is -0.999. The Bertz CT molecular complexity index is 514. The quantitative estimate of drug-likeness (QED) is 0.752. The highest BCUT2D eigenvalue weighted by Crippen LogP contribution is 2.21. The van der Waals surface area contributed by atoms with Crippen LogP contribution in [0.15, 0.2) is 18.2 Å². The van der Waals surface area contributed by atoms with Gasteiger partial charge in [0.05, 0.1) is 19.1 Å². The zero-order valence-electron chi connectivity index (χ0n) is 11.4. The maximum Gasteiger partial charge on any atom is 0.307 e. The van der Waals surface area contributed by atoms with E-state index in [4.69, 9.17) is 10.00 Å². The van der Waals surface area contributed by atoms with Crippen molar-refractivity contribution in [2.75, 3.05) is 20.2 Å². The number of rotatable bonds is 6. The molecule has 0 aromatic heterocycles. The van der Waals surface area contributed by atoms with Crippen LogP contribution >= 0.6 is 0 Å². The van der Waals surface area contributed by atoms with E-state index in [2.05, 4.69) is 0 Å². The number of hydrogen-bond acceptors (Lipinski definition) is 4. The zero-order chi connectivity index (χ0) is 15.1. The normalized spacial score (nSPS) is 12.0. The van der Waals surface area contributed by atoms with Crippen molar-refractivity contribution in [3.63, 3.8) is 0 Å². The fourth-order valence-corrected chi connectivity index (χ4v) is 1.74. The molecule has 0 saturated carbocycles. The zero-order valence-corrected chi connectivity index (χ0v) is 11.4. The second-order valence-electron chi connectivity index (χ2n) is 4.24. The summed E-state index contributed by atoms with van der Waals surface area (Å²) in [5.74, 6) is -2.32. The summed E-state index contributed by atoms with van der Waals surface area (Å²) in [5.41, 5.74) is 0.345. The molecule has 0 aliphatic carbocycles. The largest absolute Gasteiger partial charge is 0.466 e. The Hall–Kier alpha value is -2.00. The molecular formula is C14H16F2N2O2. The smallest absolute Gasteiger partial charge is 0.307 e. The third-order valence-corrected chi connectivity index (χ3v) is 2.80. The summed E-state index contributed by atoms with van der Waals surface area (Å²) in [6.45, 7) is 2.30. The highest BCUT2D eigenvalue weighted by atomic mass is 19.2. The third-order valence-electron chi connectivity index (χ3n) is 2.80. The van der Waals surface area contributed by atoms with Gasteiger partial charge in [0.2, 0.25) is 0 Å². The van der Waals surface area contributed by atoms with Gasteiger partial charge >= 0.3 is 5.97 Å². The number of carbonyl (C=O) groups is 1. The van der Waals surface area contributed by atoms with Gasteiger partial charge in [-0.25, -0.2) is 8.78 Å². The molecule has 0 amide bonds. The summed E-state index contributed by atoms with van der Waals surface area (Å²) in [7, 11) is 1.63.